The maximum absolute atomic E-state index is 9.92. The third-order valence-electron chi connectivity index (χ3n) is 6.06. The van der Waals surface area contributed by atoms with Crippen molar-refractivity contribution < 1.29 is 5.11 Å². The second-order valence-electron chi connectivity index (χ2n) is 8.11. The molecule has 0 bridgehead atoms. The fourth-order valence-corrected chi connectivity index (χ4v) is 4.19. The zero-order chi connectivity index (χ0) is 22.2. The Labute approximate surface area is 185 Å². The van der Waals surface area contributed by atoms with Crippen LogP contribution in [0.25, 0.3) is 33.5 Å². The molecule has 2 N–H and O–H groups in total. The Hall–Kier alpha value is -3.96. The molecule has 160 valence electrons. The number of nitrogens with one attached hydrogen (secondary N) is 1. The highest BCUT2D eigenvalue weighted by Gasteiger charge is 2.21. The number of aromatic nitrogens is 4. The highest BCUT2D eigenvalue weighted by molar-refractivity contribution is 5.97. The van der Waals surface area contributed by atoms with Gasteiger partial charge in [-0.3, -0.25) is 5.10 Å². The van der Waals surface area contributed by atoms with Crippen molar-refractivity contribution in [3.05, 3.63) is 53.7 Å². The van der Waals surface area contributed by atoms with Crippen LogP contribution in [0.1, 0.15) is 11.1 Å². The Balaban J connectivity index is 1.60. The molecule has 1 aliphatic heterocycles. The van der Waals surface area contributed by atoms with Crippen molar-refractivity contribution in [1.29, 1.82) is 5.26 Å². The smallest absolute Gasteiger partial charge is 0.156 e. The molecule has 1 aliphatic rings. The minimum atomic E-state index is 0.169. The molecule has 0 radical (unpaired) electrons. The summed E-state index contributed by atoms with van der Waals surface area (Å²) >= 11 is 0. The van der Waals surface area contributed by atoms with Crippen LogP contribution in [-0.2, 0) is 0 Å². The summed E-state index contributed by atoms with van der Waals surface area (Å²) in [4.78, 5) is 13.9. The summed E-state index contributed by atoms with van der Waals surface area (Å²) < 4.78 is 0. The zero-order valence-corrected chi connectivity index (χ0v) is 18.0. The number of phenolic OH excluding ortho intramolecular Hbond substituents is 1. The Kier molecular flexibility index (Phi) is 4.96. The number of piperazine rings is 1. The second kappa shape index (κ2) is 7.94. The predicted molar refractivity (Wildman–Crippen MR) is 123 cm³/mol. The highest BCUT2D eigenvalue weighted by atomic mass is 16.3. The quantitative estimate of drug-likeness (QED) is 0.519. The molecule has 0 amide bonds. The van der Waals surface area contributed by atoms with Gasteiger partial charge in [-0.1, -0.05) is 0 Å². The number of benzene rings is 1. The molecule has 0 saturated carbocycles. The maximum Gasteiger partial charge on any atom is 0.156 e. The average molecular weight is 425 g/mol. The fourth-order valence-electron chi connectivity index (χ4n) is 4.19. The van der Waals surface area contributed by atoms with E-state index in [1.807, 2.05) is 19.2 Å². The molecule has 4 heterocycles. The zero-order valence-electron chi connectivity index (χ0n) is 18.0. The molecule has 32 heavy (non-hydrogen) atoms. The van der Waals surface area contributed by atoms with Gasteiger partial charge in [-0.25, -0.2) is 9.97 Å². The molecular formula is C24H23N7O. The van der Waals surface area contributed by atoms with Gasteiger partial charge < -0.3 is 14.9 Å². The van der Waals surface area contributed by atoms with Crippen molar-refractivity contribution in [1.82, 2.24) is 25.1 Å². The lowest BCUT2D eigenvalue weighted by Crippen LogP contribution is -2.44. The summed E-state index contributed by atoms with van der Waals surface area (Å²) in [5.41, 5.74) is 4.98. The molecule has 0 atom stereocenters. The lowest BCUT2D eigenvalue weighted by atomic mass is 9.98. The topological polar surface area (TPSA) is 105 Å². The number of rotatable bonds is 3. The molecule has 1 fully saturated rings. The van der Waals surface area contributed by atoms with E-state index in [-0.39, 0.29) is 5.75 Å². The van der Waals surface area contributed by atoms with Gasteiger partial charge >= 0.3 is 0 Å². The molecule has 8 heteroatoms. The van der Waals surface area contributed by atoms with Gasteiger partial charge in [-0.2, -0.15) is 10.4 Å². The molecule has 8 nitrogen and oxygen atoms in total. The van der Waals surface area contributed by atoms with Gasteiger partial charge in [0.05, 0.1) is 16.6 Å². The molecule has 1 saturated heterocycles. The minimum Gasteiger partial charge on any atom is -0.508 e. The molecule has 3 aromatic heterocycles. The summed E-state index contributed by atoms with van der Waals surface area (Å²) in [7, 11) is 2.13. The first-order valence-corrected chi connectivity index (χ1v) is 10.5. The van der Waals surface area contributed by atoms with Crippen LogP contribution in [0, 0.1) is 18.3 Å². The lowest BCUT2D eigenvalue weighted by molar-refractivity contribution is 0.312. The van der Waals surface area contributed by atoms with Crippen molar-refractivity contribution in [3.63, 3.8) is 0 Å². The highest BCUT2D eigenvalue weighted by Crippen LogP contribution is 2.35. The van der Waals surface area contributed by atoms with Crippen molar-refractivity contribution in [2.75, 3.05) is 38.1 Å². The number of hydrogen-bond donors (Lipinski definition) is 2. The summed E-state index contributed by atoms with van der Waals surface area (Å²) in [6, 6.07) is 13.0. The molecule has 0 unspecified atom stereocenters. The second-order valence-corrected chi connectivity index (χ2v) is 8.11. The van der Waals surface area contributed by atoms with Gasteiger partial charge in [-0.05, 0) is 55.9 Å². The Morgan fingerprint density at radius 3 is 2.50 bits per heavy atom. The normalized spacial score (nSPS) is 14.6. The van der Waals surface area contributed by atoms with Gasteiger partial charge in [0, 0.05) is 43.5 Å². The largest absolute Gasteiger partial charge is 0.508 e. The SMILES string of the molecule is Cc1c(C#N)c(-c2ccc(O)cc2)nc2[nH]nc(-c3ccnc(N4CCN(C)CC4)c3)c12. The number of aromatic amines is 1. The molecule has 4 aromatic rings. The number of H-pyrrole nitrogens is 1. The number of fused-ring (bicyclic) bond motifs is 1. The molecule has 0 aliphatic carbocycles. The third kappa shape index (κ3) is 3.43. The van der Waals surface area contributed by atoms with Crippen molar-refractivity contribution >= 4 is 16.9 Å². The van der Waals surface area contributed by atoms with Crippen molar-refractivity contribution in [2.45, 2.75) is 6.92 Å². The number of likely N-dealkylation sites (N-methyl/N-ethyl adjacent to an activating group) is 1. The van der Waals surface area contributed by atoms with Crippen molar-refractivity contribution in [2.24, 2.45) is 0 Å². The first-order chi connectivity index (χ1) is 15.5. The lowest BCUT2D eigenvalue weighted by Gasteiger charge is -2.33. The number of nitriles is 1. The van der Waals surface area contributed by atoms with Crippen LogP contribution in [0.2, 0.25) is 0 Å². The van der Waals surface area contributed by atoms with Crippen LogP contribution in [-0.4, -0.2) is 63.4 Å². The van der Waals surface area contributed by atoms with Gasteiger partial charge in [0.1, 0.15) is 23.3 Å². The fraction of sp³-hybridized carbons (Fsp3) is 0.250. The summed E-state index contributed by atoms with van der Waals surface area (Å²) in [6.07, 6.45) is 1.81. The van der Waals surface area contributed by atoms with E-state index in [0.717, 1.165) is 59.8 Å². The molecule has 1 aromatic carbocycles. The van der Waals surface area contributed by atoms with E-state index in [9.17, 15) is 10.4 Å². The maximum atomic E-state index is 9.92. The van der Waals surface area contributed by atoms with E-state index in [2.05, 4.69) is 44.2 Å². The number of anilines is 1. The van der Waals surface area contributed by atoms with E-state index >= 15 is 0 Å². The molecular weight excluding hydrogens is 402 g/mol. The van der Waals surface area contributed by atoms with E-state index in [1.165, 1.54) is 0 Å². The van der Waals surface area contributed by atoms with E-state index in [1.54, 1.807) is 24.3 Å². The van der Waals surface area contributed by atoms with Crippen molar-refractivity contribution in [3.8, 4) is 34.3 Å². The van der Waals surface area contributed by atoms with E-state index < -0.39 is 0 Å². The number of aryl methyl sites for hydroxylation is 1. The Bertz CT molecular complexity index is 1330. The van der Waals surface area contributed by atoms with Gasteiger partial charge in [0.15, 0.2) is 5.65 Å². The number of aromatic hydroxyl groups is 1. The Morgan fingerprint density at radius 1 is 1.03 bits per heavy atom. The number of pyridine rings is 2. The number of phenols is 1. The summed E-state index contributed by atoms with van der Waals surface area (Å²) in [5, 5.41) is 28.0. The third-order valence-corrected chi connectivity index (χ3v) is 6.06. The summed E-state index contributed by atoms with van der Waals surface area (Å²) in [5.74, 6) is 1.10. The average Bonchev–Trinajstić information content (AvgIpc) is 3.25. The van der Waals surface area contributed by atoms with Gasteiger partial charge in [0.2, 0.25) is 0 Å². The Morgan fingerprint density at radius 2 is 1.78 bits per heavy atom. The standard InChI is InChI=1S/C24H23N7O/c1-15-19(14-25)22(16-3-5-18(32)6-4-16)27-24-21(15)23(28-29-24)17-7-8-26-20(13-17)31-11-9-30(2)10-12-31/h3-8,13,32H,9-12H2,1-2H3,(H,27,28,29). The van der Waals surface area contributed by atoms with Gasteiger partial charge in [0.25, 0.3) is 0 Å². The van der Waals surface area contributed by atoms with E-state index in [0.29, 0.717) is 16.9 Å². The van der Waals surface area contributed by atoms with Crippen LogP contribution in [0.4, 0.5) is 5.82 Å². The van der Waals surface area contributed by atoms with Crippen LogP contribution in [0.15, 0.2) is 42.6 Å². The molecule has 5 rings (SSSR count). The number of hydrogen-bond acceptors (Lipinski definition) is 7. The minimum absolute atomic E-state index is 0.169. The van der Waals surface area contributed by atoms with Gasteiger partial charge in [-0.15, -0.1) is 0 Å². The predicted octanol–water partition coefficient (Wildman–Crippen LogP) is 3.32. The van der Waals surface area contributed by atoms with E-state index in [4.69, 9.17) is 4.98 Å². The monoisotopic (exact) mass is 425 g/mol. The number of nitrogens with zero attached hydrogens (tertiary/aromatic N) is 6. The van der Waals surface area contributed by atoms with Crippen LogP contribution in [0.5, 0.6) is 5.75 Å². The van der Waals surface area contributed by atoms with Crippen LogP contribution < -0.4 is 4.90 Å². The molecule has 0 spiro atoms. The summed E-state index contributed by atoms with van der Waals surface area (Å²) in [6.45, 7) is 5.80. The first kappa shape index (κ1) is 20.0. The first-order valence-electron chi connectivity index (χ1n) is 10.5. The van der Waals surface area contributed by atoms with Crippen LogP contribution >= 0.6 is 0 Å². The van der Waals surface area contributed by atoms with Crippen LogP contribution in [0.3, 0.4) is 0 Å².